The third kappa shape index (κ3) is 2.84. The van der Waals surface area contributed by atoms with Gasteiger partial charge in [-0.25, -0.2) is 9.69 Å². The Labute approximate surface area is 112 Å². The molecule has 19 heavy (non-hydrogen) atoms. The number of imide groups is 1. The molecule has 1 atom stereocenters. The summed E-state index contributed by atoms with van der Waals surface area (Å²) < 4.78 is 5.01. The van der Waals surface area contributed by atoms with Gasteiger partial charge < -0.3 is 4.74 Å². The maximum Gasteiger partial charge on any atom is 0.417 e. The summed E-state index contributed by atoms with van der Waals surface area (Å²) in [5, 5.41) is 0. The number of rotatable bonds is 3. The Kier molecular flexibility index (Phi) is 4.00. The fourth-order valence-corrected chi connectivity index (χ4v) is 1.97. The first-order valence-electron chi connectivity index (χ1n) is 6.35. The van der Waals surface area contributed by atoms with Crippen molar-refractivity contribution in [2.75, 3.05) is 6.61 Å². The van der Waals surface area contributed by atoms with Crippen molar-refractivity contribution in [2.45, 2.75) is 26.3 Å². The summed E-state index contributed by atoms with van der Waals surface area (Å²) in [6, 6.07) is 9.12. The molecule has 1 aliphatic heterocycles. The highest BCUT2D eigenvalue weighted by Crippen LogP contribution is 2.28. The summed E-state index contributed by atoms with van der Waals surface area (Å²) in [6.07, 6.45) is 1.71. The van der Waals surface area contributed by atoms with Gasteiger partial charge in [-0.3, -0.25) is 4.79 Å². The van der Waals surface area contributed by atoms with Crippen LogP contribution in [0.25, 0.3) is 0 Å². The van der Waals surface area contributed by atoms with Crippen molar-refractivity contribution in [2.24, 2.45) is 0 Å². The van der Waals surface area contributed by atoms with Crippen molar-refractivity contribution in [1.29, 1.82) is 0 Å². The minimum atomic E-state index is -0.570. The largest absolute Gasteiger partial charge is 0.446 e. The Hall–Kier alpha value is -2.10. The van der Waals surface area contributed by atoms with E-state index in [1.165, 1.54) is 11.0 Å². The zero-order chi connectivity index (χ0) is 13.8. The van der Waals surface area contributed by atoms with Gasteiger partial charge in [-0.2, -0.15) is 0 Å². The Bertz CT molecular complexity index is 507. The number of amides is 2. The van der Waals surface area contributed by atoms with Gasteiger partial charge in [-0.1, -0.05) is 42.8 Å². The Morgan fingerprint density at radius 3 is 2.74 bits per heavy atom. The molecule has 0 saturated carbocycles. The molecule has 1 fully saturated rings. The van der Waals surface area contributed by atoms with Crippen molar-refractivity contribution >= 4 is 12.0 Å². The molecule has 4 nitrogen and oxygen atoms in total. The average Bonchev–Trinajstić information content (AvgIpc) is 2.81. The lowest BCUT2D eigenvalue weighted by Crippen LogP contribution is -2.33. The summed E-state index contributed by atoms with van der Waals surface area (Å²) in [6.45, 7) is 4.06. The third-order valence-electron chi connectivity index (χ3n) is 3.22. The zero-order valence-electron chi connectivity index (χ0n) is 11.1. The Balaban J connectivity index is 2.26. The van der Waals surface area contributed by atoms with Gasteiger partial charge in [0, 0.05) is 6.08 Å². The summed E-state index contributed by atoms with van der Waals surface area (Å²) >= 11 is 0. The predicted molar refractivity (Wildman–Crippen MR) is 71.4 cm³/mol. The number of cyclic esters (lactones) is 1. The molecule has 0 radical (unpaired) electrons. The fourth-order valence-electron chi connectivity index (χ4n) is 1.97. The lowest BCUT2D eigenvalue weighted by molar-refractivity contribution is -0.124. The molecular formula is C15H17NO3. The standard InChI is InChI=1S/C15H17NO3/c1-3-11(2)9-14(17)16-13(10-19-15(16)18)12-7-5-4-6-8-12/h4-9,13H,3,10H2,1-2H3/b11-9+/t13-/m0/s1. The summed E-state index contributed by atoms with van der Waals surface area (Å²) in [7, 11) is 0. The Morgan fingerprint density at radius 2 is 2.11 bits per heavy atom. The van der Waals surface area contributed by atoms with Gasteiger partial charge in [0.25, 0.3) is 5.91 Å². The highest BCUT2D eigenvalue weighted by atomic mass is 16.6. The molecule has 1 aromatic carbocycles. The van der Waals surface area contributed by atoms with Crippen LogP contribution in [0.2, 0.25) is 0 Å². The highest BCUT2D eigenvalue weighted by Gasteiger charge is 2.37. The van der Waals surface area contributed by atoms with Crippen molar-refractivity contribution in [3.8, 4) is 0 Å². The third-order valence-corrected chi connectivity index (χ3v) is 3.22. The molecule has 0 aliphatic carbocycles. The van der Waals surface area contributed by atoms with Crippen molar-refractivity contribution < 1.29 is 14.3 Å². The maximum atomic E-state index is 12.2. The molecule has 0 spiro atoms. The van der Waals surface area contributed by atoms with E-state index in [9.17, 15) is 9.59 Å². The molecule has 2 rings (SSSR count). The normalized spacial score (nSPS) is 19.5. The monoisotopic (exact) mass is 259 g/mol. The van der Waals surface area contributed by atoms with E-state index in [-0.39, 0.29) is 18.6 Å². The molecule has 1 aliphatic rings. The second-order valence-electron chi connectivity index (χ2n) is 4.56. The first-order valence-corrected chi connectivity index (χ1v) is 6.35. The molecular weight excluding hydrogens is 242 g/mol. The van der Waals surface area contributed by atoms with Gasteiger partial charge in [0.05, 0.1) is 0 Å². The first kappa shape index (κ1) is 13.3. The number of carbonyl (C=O) groups excluding carboxylic acids is 2. The molecule has 100 valence electrons. The van der Waals surface area contributed by atoms with E-state index in [4.69, 9.17) is 4.74 Å². The number of allylic oxidation sites excluding steroid dienone is 1. The average molecular weight is 259 g/mol. The van der Waals surface area contributed by atoms with E-state index < -0.39 is 6.09 Å². The van der Waals surface area contributed by atoms with Crippen LogP contribution in [-0.2, 0) is 9.53 Å². The van der Waals surface area contributed by atoms with E-state index in [2.05, 4.69) is 0 Å². The first-order chi connectivity index (χ1) is 9.13. The van der Waals surface area contributed by atoms with Gasteiger partial charge >= 0.3 is 6.09 Å². The van der Waals surface area contributed by atoms with E-state index in [1.807, 2.05) is 44.2 Å². The Morgan fingerprint density at radius 1 is 1.42 bits per heavy atom. The molecule has 1 saturated heterocycles. The highest BCUT2D eigenvalue weighted by molar-refractivity contribution is 6.00. The molecule has 1 heterocycles. The minimum absolute atomic E-state index is 0.216. The van der Waals surface area contributed by atoms with Gasteiger partial charge in [-0.05, 0) is 18.9 Å². The van der Waals surface area contributed by atoms with Crippen LogP contribution in [0, 0.1) is 0 Å². The number of ether oxygens (including phenoxy) is 1. The molecule has 0 N–H and O–H groups in total. The molecule has 2 amide bonds. The molecule has 0 bridgehead atoms. The summed E-state index contributed by atoms with van der Waals surface area (Å²) in [5.74, 6) is -0.310. The summed E-state index contributed by atoms with van der Waals surface area (Å²) in [4.78, 5) is 25.1. The lowest BCUT2D eigenvalue weighted by atomic mass is 10.1. The number of benzene rings is 1. The van der Waals surface area contributed by atoms with Crippen LogP contribution in [0.4, 0.5) is 4.79 Å². The van der Waals surface area contributed by atoms with Crippen molar-refractivity contribution in [3.05, 3.63) is 47.5 Å². The van der Waals surface area contributed by atoms with Gasteiger partial charge in [0.2, 0.25) is 0 Å². The van der Waals surface area contributed by atoms with Crippen LogP contribution in [0.1, 0.15) is 31.9 Å². The number of carbonyl (C=O) groups is 2. The predicted octanol–water partition coefficient (Wildman–Crippen LogP) is 3.06. The smallest absolute Gasteiger partial charge is 0.417 e. The molecule has 0 aromatic heterocycles. The van der Waals surface area contributed by atoms with Crippen LogP contribution in [-0.4, -0.2) is 23.5 Å². The van der Waals surface area contributed by atoms with E-state index in [1.54, 1.807) is 0 Å². The van der Waals surface area contributed by atoms with E-state index in [0.29, 0.717) is 0 Å². The van der Waals surface area contributed by atoms with E-state index in [0.717, 1.165) is 17.6 Å². The quantitative estimate of drug-likeness (QED) is 0.784. The fraction of sp³-hybridized carbons (Fsp3) is 0.333. The molecule has 4 heteroatoms. The van der Waals surface area contributed by atoms with Gasteiger partial charge in [-0.15, -0.1) is 0 Å². The van der Waals surface area contributed by atoms with Crippen LogP contribution >= 0.6 is 0 Å². The molecule has 0 unspecified atom stereocenters. The van der Waals surface area contributed by atoms with E-state index >= 15 is 0 Å². The topological polar surface area (TPSA) is 46.6 Å². The second kappa shape index (κ2) is 5.69. The zero-order valence-corrected chi connectivity index (χ0v) is 11.1. The number of hydrogen-bond acceptors (Lipinski definition) is 3. The minimum Gasteiger partial charge on any atom is -0.446 e. The SMILES string of the molecule is CC/C(C)=C/C(=O)N1C(=O)OC[C@H]1c1ccccc1. The van der Waals surface area contributed by atoms with Crippen LogP contribution in [0.5, 0.6) is 0 Å². The van der Waals surface area contributed by atoms with Crippen molar-refractivity contribution in [3.63, 3.8) is 0 Å². The summed E-state index contributed by atoms with van der Waals surface area (Å²) in [5.41, 5.74) is 1.85. The van der Waals surface area contributed by atoms with Crippen molar-refractivity contribution in [1.82, 2.24) is 4.90 Å². The second-order valence-corrected chi connectivity index (χ2v) is 4.56. The number of nitrogens with zero attached hydrogens (tertiary/aromatic N) is 1. The maximum absolute atomic E-state index is 12.2. The number of hydrogen-bond donors (Lipinski definition) is 0. The van der Waals surface area contributed by atoms with Crippen LogP contribution in [0.3, 0.4) is 0 Å². The van der Waals surface area contributed by atoms with Gasteiger partial charge in [0.15, 0.2) is 0 Å². The lowest BCUT2D eigenvalue weighted by Gasteiger charge is -2.18. The van der Waals surface area contributed by atoms with Crippen LogP contribution in [0.15, 0.2) is 42.0 Å². The molecule has 1 aromatic rings. The van der Waals surface area contributed by atoms with Gasteiger partial charge in [0.1, 0.15) is 12.6 Å². The van der Waals surface area contributed by atoms with Crippen LogP contribution < -0.4 is 0 Å².